The van der Waals surface area contributed by atoms with Crippen LogP contribution in [0.15, 0.2) is 79.0 Å². The van der Waals surface area contributed by atoms with Crippen molar-refractivity contribution in [1.29, 1.82) is 5.26 Å². The van der Waals surface area contributed by atoms with Gasteiger partial charge in [0.15, 0.2) is 0 Å². The third-order valence-electron chi connectivity index (χ3n) is 7.21. The Hall–Kier alpha value is -3.59. The van der Waals surface area contributed by atoms with Crippen LogP contribution in [0.5, 0.6) is 0 Å². The van der Waals surface area contributed by atoms with Crippen molar-refractivity contribution in [2.24, 2.45) is 0 Å². The molecule has 0 saturated carbocycles. The minimum Gasteiger partial charge on any atom is -0.356 e. The molecule has 6 heteroatoms. The van der Waals surface area contributed by atoms with Crippen molar-refractivity contribution in [3.8, 4) is 17.2 Å². The first-order valence-corrected chi connectivity index (χ1v) is 13.4. The number of carbonyl (C=O) groups is 1. The number of amides is 1. The molecule has 0 aromatic heterocycles. The van der Waals surface area contributed by atoms with E-state index < -0.39 is 5.54 Å². The number of likely N-dealkylation sites (tertiary alicyclic amines) is 1. The molecule has 0 spiro atoms. The van der Waals surface area contributed by atoms with Gasteiger partial charge in [-0.3, -0.25) is 9.69 Å². The Balaban J connectivity index is 1.58. The minimum absolute atomic E-state index is 0.118. The van der Waals surface area contributed by atoms with E-state index in [4.69, 9.17) is 11.6 Å². The van der Waals surface area contributed by atoms with Gasteiger partial charge in [0.1, 0.15) is 0 Å². The van der Waals surface area contributed by atoms with Crippen LogP contribution < -0.4 is 5.32 Å². The van der Waals surface area contributed by atoms with Gasteiger partial charge in [-0.2, -0.15) is 5.26 Å². The van der Waals surface area contributed by atoms with Gasteiger partial charge in [0, 0.05) is 23.0 Å². The molecule has 0 bridgehead atoms. The average Bonchev–Trinajstić information content (AvgIpc) is 3.39. The van der Waals surface area contributed by atoms with Gasteiger partial charge < -0.3 is 10.2 Å². The molecule has 3 aromatic rings. The molecular formula is C32H35ClN4O. The van der Waals surface area contributed by atoms with Crippen molar-refractivity contribution in [2.45, 2.75) is 39.2 Å². The Bertz CT molecular complexity index is 1330. The number of carbonyl (C=O) groups excluding carboxylic acids is 1. The van der Waals surface area contributed by atoms with Crippen LogP contribution in [0.1, 0.15) is 43.4 Å². The normalized spacial score (nSPS) is 13.7. The third-order valence-corrected chi connectivity index (χ3v) is 7.42. The fourth-order valence-electron chi connectivity index (χ4n) is 5.14. The van der Waals surface area contributed by atoms with Crippen LogP contribution in [0.2, 0.25) is 5.02 Å². The monoisotopic (exact) mass is 526 g/mol. The van der Waals surface area contributed by atoms with Gasteiger partial charge in [0.25, 0.3) is 0 Å². The largest absolute Gasteiger partial charge is 0.356 e. The Morgan fingerprint density at radius 3 is 2.45 bits per heavy atom. The number of rotatable bonds is 9. The SMILES string of the molecule is C=C(CN1CCCC1)N(CC(=O)Nc1cc(C)cc(Cl)c1)C(C)(C)c1ccc(-c2cccc(C#N)c2)cc1. The summed E-state index contributed by atoms with van der Waals surface area (Å²) in [5, 5.41) is 12.9. The second-order valence-corrected chi connectivity index (χ2v) is 11.0. The van der Waals surface area contributed by atoms with Gasteiger partial charge in [0.2, 0.25) is 5.91 Å². The zero-order valence-corrected chi connectivity index (χ0v) is 23.2. The number of nitrogens with one attached hydrogen (secondary N) is 1. The number of nitriles is 1. The van der Waals surface area contributed by atoms with Crippen molar-refractivity contribution in [3.05, 3.63) is 101 Å². The van der Waals surface area contributed by atoms with Gasteiger partial charge in [-0.15, -0.1) is 0 Å². The Labute approximate surface area is 231 Å². The van der Waals surface area contributed by atoms with Crippen molar-refractivity contribution >= 4 is 23.2 Å². The molecule has 4 rings (SSSR count). The maximum atomic E-state index is 13.3. The van der Waals surface area contributed by atoms with Crippen molar-refractivity contribution < 1.29 is 4.79 Å². The van der Waals surface area contributed by atoms with Crippen LogP contribution in [0.3, 0.4) is 0 Å². The lowest BCUT2D eigenvalue weighted by molar-refractivity contribution is -0.118. The van der Waals surface area contributed by atoms with E-state index in [-0.39, 0.29) is 12.5 Å². The summed E-state index contributed by atoms with van der Waals surface area (Å²) in [7, 11) is 0. The molecule has 1 N–H and O–H groups in total. The Morgan fingerprint density at radius 2 is 1.79 bits per heavy atom. The molecule has 1 aliphatic heterocycles. The van der Waals surface area contributed by atoms with Crippen LogP contribution in [0.25, 0.3) is 11.1 Å². The lowest BCUT2D eigenvalue weighted by atomic mass is 9.89. The predicted octanol–water partition coefficient (Wildman–Crippen LogP) is 6.97. The maximum absolute atomic E-state index is 13.3. The first kappa shape index (κ1) is 27.4. The van der Waals surface area contributed by atoms with E-state index >= 15 is 0 Å². The summed E-state index contributed by atoms with van der Waals surface area (Å²) >= 11 is 6.21. The van der Waals surface area contributed by atoms with Crippen molar-refractivity contribution in [1.82, 2.24) is 9.80 Å². The van der Waals surface area contributed by atoms with Crippen molar-refractivity contribution in [2.75, 3.05) is 31.5 Å². The quantitative estimate of drug-likeness (QED) is 0.327. The van der Waals surface area contributed by atoms with Crippen molar-refractivity contribution in [3.63, 3.8) is 0 Å². The van der Waals surface area contributed by atoms with E-state index in [1.54, 1.807) is 12.1 Å². The van der Waals surface area contributed by atoms with Gasteiger partial charge in [-0.1, -0.05) is 54.6 Å². The topological polar surface area (TPSA) is 59.4 Å². The highest BCUT2D eigenvalue weighted by Crippen LogP contribution is 2.33. The molecule has 38 heavy (non-hydrogen) atoms. The number of benzene rings is 3. The average molecular weight is 527 g/mol. The molecule has 0 atom stereocenters. The fraction of sp³-hybridized carbons (Fsp3) is 0.312. The second kappa shape index (κ2) is 11.9. The molecule has 0 unspecified atom stereocenters. The summed E-state index contributed by atoms with van der Waals surface area (Å²) in [6.07, 6.45) is 2.39. The van der Waals surface area contributed by atoms with E-state index in [1.807, 2.05) is 37.3 Å². The summed E-state index contributed by atoms with van der Waals surface area (Å²) < 4.78 is 0. The number of hydrogen-bond acceptors (Lipinski definition) is 4. The van der Waals surface area contributed by atoms with E-state index in [2.05, 4.69) is 65.9 Å². The molecule has 0 radical (unpaired) electrons. The molecular weight excluding hydrogens is 492 g/mol. The molecule has 0 aliphatic carbocycles. The van der Waals surface area contributed by atoms with Crippen LogP contribution >= 0.6 is 11.6 Å². The molecule has 1 amide bonds. The van der Waals surface area contributed by atoms with E-state index in [9.17, 15) is 10.1 Å². The van der Waals surface area contributed by atoms with Gasteiger partial charge >= 0.3 is 0 Å². The molecule has 1 fully saturated rings. The predicted molar refractivity (Wildman–Crippen MR) is 156 cm³/mol. The molecule has 3 aromatic carbocycles. The highest BCUT2D eigenvalue weighted by molar-refractivity contribution is 6.31. The number of anilines is 1. The van der Waals surface area contributed by atoms with Crippen LogP contribution in [0.4, 0.5) is 5.69 Å². The maximum Gasteiger partial charge on any atom is 0.243 e. The van der Waals surface area contributed by atoms with Gasteiger partial charge in [-0.25, -0.2) is 0 Å². The smallest absolute Gasteiger partial charge is 0.243 e. The highest BCUT2D eigenvalue weighted by atomic mass is 35.5. The van der Waals surface area contributed by atoms with Gasteiger partial charge in [0.05, 0.1) is 23.7 Å². The number of aryl methyl sites for hydroxylation is 1. The summed E-state index contributed by atoms with van der Waals surface area (Å²) in [6.45, 7) is 13.6. The molecule has 1 saturated heterocycles. The Morgan fingerprint density at radius 1 is 1.08 bits per heavy atom. The lowest BCUT2D eigenvalue weighted by Crippen LogP contribution is -2.47. The summed E-state index contributed by atoms with van der Waals surface area (Å²) in [4.78, 5) is 17.8. The number of nitrogens with zero attached hydrogens (tertiary/aromatic N) is 3. The lowest BCUT2D eigenvalue weighted by Gasteiger charge is -2.42. The van der Waals surface area contributed by atoms with E-state index in [0.717, 1.165) is 47.6 Å². The van der Waals surface area contributed by atoms with Crippen LogP contribution in [-0.2, 0) is 10.3 Å². The number of hydrogen-bond donors (Lipinski definition) is 1. The molecule has 196 valence electrons. The van der Waals surface area contributed by atoms with E-state index in [0.29, 0.717) is 16.3 Å². The first-order chi connectivity index (χ1) is 18.2. The van der Waals surface area contributed by atoms with E-state index in [1.165, 1.54) is 12.8 Å². The summed E-state index contributed by atoms with van der Waals surface area (Å²) in [5.41, 5.74) is 5.85. The zero-order valence-electron chi connectivity index (χ0n) is 22.4. The fourth-order valence-corrected chi connectivity index (χ4v) is 5.43. The zero-order chi connectivity index (χ0) is 27.3. The third kappa shape index (κ3) is 6.64. The van der Waals surface area contributed by atoms with Gasteiger partial charge in [-0.05, 0) is 99.3 Å². The molecule has 5 nitrogen and oxygen atoms in total. The summed E-state index contributed by atoms with van der Waals surface area (Å²) in [5.74, 6) is -0.118. The highest BCUT2D eigenvalue weighted by Gasteiger charge is 2.32. The standard InChI is InChI=1S/C32H35ClN4O/c1-23-16-29(33)19-30(17-23)35-31(38)22-37(24(2)21-36-14-5-6-15-36)32(3,4)28-12-10-26(11-13-28)27-9-7-8-25(18-27)20-34/h7-13,16-19H,2,5-6,14-15,21-22H2,1,3-4H3,(H,35,38). The minimum atomic E-state index is -0.495. The molecule has 1 heterocycles. The van der Waals surface area contributed by atoms with Crippen LogP contribution in [-0.4, -0.2) is 41.9 Å². The molecule has 1 aliphatic rings. The number of halogens is 1. The summed E-state index contributed by atoms with van der Waals surface area (Å²) in [6, 6.07) is 23.7. The Kier molecular flexibility index (Phi) is 8.56. The second-order valence-electron chi connectivity index (χ2n) is 10.5. The first-order valence-electron chi connectivity index (χ1n) is 13.0. The van der Waals surface area contributed by atoms with Crippen LogP contribution in [0, 0.1) is 18.3 Å².